The molecule has 220 valence electrons. The number of benzene rings is 4. The summed E-state index contributed by atoms with van der Waals surface area (Å²) < 4.78 is 0. The van der Waals surface area contributed by atoms with Crippen molar-refractivity contribution >= 4 is 58.5 Å². The molecule has 0 saturated carbocycles. The fourth-order valence-electron chi connectivity index (χ4n) is 4.47. The summed E-state index contributed by atoms with van der Waals surface area (Å²) >= 11 is 1.18. The van der Waals surface area contributed by atoms with E-state index in [0.29, 0.717) is 16.1 Å². The van der Waals surface area contributed by atoms with Gasteiger partial charge in [-0.3, -0.25) is 29.3 Å². The van der Waals surface area contributed by atoms with Crippen LogP contribution in [0.4, 0.5) is 17.1 Å². The van der Waals surface area contributed by atoms with Crippen molar-refractivity contribution < 1.29 is 24.1 Å². The number of hydrogen-bond donors (Lipinski definition) is 2. The molecule has 11 heteroatoms. The van der Waals surface area contributed by atoms with Gasteiger partial charge in [0.2, 0.25) is 11.8 Å². The van der Waals surface area contributed by atoms with E-state index in [9.17, 15) is 29.3 Å². The van der Waals surface area contributed by atoms with Gasteiger partial charge >= 0.3 is 0 Å². The number of thioether (sulfide) groups is 1. The highest BCUT2D eigenvalue weighted by Gasteiger charge is 2.40. The van der Waals surface area contributed by atoms with E-state index in [1.807, 2.05) is 31.2 Å². The third-order valence-electron chi connectivity index (χ3n) is 6.71. The van der Waals surface area contributed by atoms with Crippen LogP contribution in [0.15, 0.2) is 114 Å². The average Bonchev–Trinajstić information content (AvgIpc) is 3.30. The predicted molar refractivity (Wildman–Crippen MR) is 168 cm³/mol. The van der Waals surface area contributed by atoms with Crippen molar-refractivity contribution in [1.29, 1.82) is 0 Å². The molecule has 10 nitrogen and oxygen atoms in total. The minimum absolute atomic E-state index is 0.0380. The number of rotatable bonds is 9. The molecule has 0 spiro atoms. The summed E-state index contributed by atoms with van der Waals surface area (Å²) in [6.45, 7) is 1.95. The number of aryl methyl sites for hydroxylation is 1. The van der Waals surface area contributed by atoms with E-state index in [0.717, 1.165) is 16.0 Å². The van der Waals surface area contributed by atoms with Gasteiger partial charge in [-0.1, -0.05) is 54.1 Å². The number of nitrogens with one attached hydrogen (secondary N) is 2. The molecular formula is C33H26N4O6S. The maximum Gasteiger partial charge on any atom is 0.272 e. The monoisotopic (exact) mass is 606 g/mol. The molecule has 1 unspecified atom stereocenters. The lowest BCUT2D eigenvalue weighted by molar-refractivity contribution is -0.384. The number of amides is 4. The summed E-state index contributed by atoms with van der Waals surface area (Å²) in [4.78, 5) is 64.2. The fourth-order valence-corrected chi connectivity index (χ4v) is 5.59. The third kappa shape index (κ3) is 7.08. The fraction of sp³-hybridized carbons (Fsp3) is 0.0909. The van der Waals surface area contributed by atoms with Gasteiger partial charge in [0, 0.05) is 34.7 Å². The maximum atomic E-state index is 13.4. The first-order valence-corrected chi connectivity index (χ1v) is 14.4. The Morgan fingerprint density at radius 3 is 2.32 bits per heavy atom. The molecule has 1 aliphatic heterocycles. The van der Waals surface area contributed by atoms with Crippen molar-refractivity contribution in [3.05, 3.63) is 136 Å². The Labute approximate surface area is 256 Å². The van der Waals surface area contributed by atoms with E-state index in [1.165, 1.54) is 36.0 Å². The van der Waals surface area contributed by atoms with E-state index < -0.39 is 33.8 Å². The summed E-state index contributed by atoms with van der Waals surface area (Å²) in [7, 11) is 0. The van der Waals surface area contributed by atoms with Crippen LogP contribution in [0.5, 0.6) is 0 Å². The highest BCUT2D eigenvalue weighted by Crippen LogP contribution is 2.35. The molecule has 1 saturated heterocycles. The molecule has 4 aromatic carbocycles. The van der Waals surface area contributed by atoms with Crippen LogP contribution in [0.2, 0.25) is 0 Å². The summed E-state index contributed by atoms with van der Waals surface area (Å²) in [5.74, 6) is -1.83. The van der Waals surface area contributed by atoms with Crippen LogP contribution in [0, 0.1) is 17.0 Å². The summed E-state index contributed by atoms with van der Waals surface area (Å²) in [5.41, 5.74) is 2.75. The van der Waals surface area contributed by atoms with Crippen molar-refractivity contribution in [1.82, 2.24) is 5.32 Å². The van der Waals surface area contributed by atoms with Crippen molar-refractivity contribution in [2.45, 2.75) is 23.5 Å². The van der Waals surface area contributed by atoms with E-state index >= 15 is 0 Å². The number of imide groups is 1. The van der Waals surface area contributed by atoms with Gasteiger partial charge in [-0.15, -0.1) is 11.8 Å². The number of nitrogens with zero attached hydrogens (tertiary/aromatic N) is 2. The highest BCUT2D eigenvalue weighted by atomic mass is 32.2. The first-order valence-electron chi connectivity index (χ1n) is 13.5. The summed E-state index contributed by atoms with van der Waals surface area (Å²) in [6, 6.07) is 28.1. The third-order valence-corrected chi connectivity index (χ3v) is 7.89. The second-order valence-electron chi connectivity index (χ2n) is 9.92. The molecule has 4 amide bonds. The van der Waals surface area contributed by atoms with E-state index in [4.69, 9.17) is 0 Å². The van der Waals surface area contributed by atoms with Gasteiger partial charge in [-0.2, -0.15) is 0 Å². The molecule has 0 bridgehead atoms. The Morgan fingerprint density at radius 2 is 1.64 bits per heavy atom. The Bertz CT molecular complexity index is 1770. The lowest BCUT2D eigenvalue weighted by Gasteiger charge is -2.15. The van der Waals surface area contributed by atoms with Gasteiger partial charge in [0.1, 0.15) is 5.70 Å². The van der Waals surface area contributed by atoms with Crippen LogP contribution in [0.25, 0.3) is 6.08 Å². The molecule has 2 N–H and O–H groups in total. The quantitative estimate of drug-likeness (QED) is 0.107. The average molecular weight is 607 g/mol. The maximum absolute atomic E-state index is 13.4. The Hall–Kier alpha value is -5.55. The zero-order chi connectivity index (χ0) is 31.2. The van der Waals surface area contributed by atoms with Crippen LogP contribution < -0.4 is 15.5 Å². The number of hydrogen-bond acceptors (Lipinski definition) is 7. The van der Waals surface area contributed by atoms with Crippen molar-refractivity contribution in [3.63, 3.8) is 0 Å². The first-order chi connectivity index (χ1) is 21.2. The molecule has 5 rings (SSSR count). The number of anilines is 2. The normalized spacial score (nSPS) is 14.8. The van der Waals surface area contributed by atoms with Gasteiger partial charge in [-0.05, 0) is 61.0 Å². The van der Waals surface area contributed by atoms with E-state index in [2.05, 4.69) is 10.6 Å². The number of nitro groups is 1. The Morgan fingerprint density at radius 1 is 0.932 bits per heavy atom. The molecule has 1 atom stereocenters. The van der Waals surface area contributed by atoms with Crippen LogP contribution in [0.3, 0.4) is 0 Å². The molecule has 0 radical (unpaired) electrons. The molecule has 1 heterocycles. The van der Waals surface area contributed by atoms with Crippen LogP contribution in [-0.4, -0.2) is 33.8 Å². The number of non-ortho nitro benzene ring substituents is 1. The van der Waals surface area contributed by atoms with Gasteiger partial charge < -0.3 is 10.6 Å². The zero-order valence-electron chi connectivity index (χ0n) is 23.4. The highest BCUT2D eigenvalue weighted by molar-refractivity contribution is 8.00. The molecule has 4 aromatic rings. The van der Waals surface area contributed by atoms with Gasteiger partial charge in [0.25, 0.3) is 17.5 Å². The minimum atomic E-state index is -0.717. The van der Waals surface area contributed by atoms with E-state index in [1.54, 1.807) is 60.7 Å². The topological polar surface area (TPSA) is 139 Å². The molecule has 1 fully saturated rings. The van der Waals surface area contributed by atoms with Crippen LogP contribution >= 0.6 is 11.8 Å². The number of carbonyl (C=O) groups is 4. The van der Waals surface area contributed by atoms with Crippen molar-refractivity contribution in [2.75, 3.05) is 10.2 Å². The second-order valence-corrected chi connectivity index (χ2v) is 11.2. The van der Waals surface area contributed by atoms with Crippen molar-refractivity contribution in [2.24, 2.45) is 0 Å². The minimum Gasteiger partial charge on any atom is -0.321 e. The zero-order valence-corrected chi connectivity index (χ0v) is 24.2. The predicted octanol–water partition coefficient (Wildman–Crippen LogP) is 5.74. The molecular weight excluding hydrogens is 580 g/mol. The van der Waals surface area contributed by atoms with Crippen molar-refractivity contribution in [3.8, 4) is 0 Å². The first kappa shape index (κ1) is 29.9. The smallest absolute Gasteiger partial charge is 0.272 e. The van der Waals surface area contributed by atoms with Gasteiger partial charge in [0.05, 0.1) is 15.9 Å². The van der Waals surface area contributed by atoms with Gasteiger partial charge in [0.15, 0.2) is 0 Å². The largest absolute Gasteiger partial charge is 0.321 e. The lowest BCUT2D eigenvalue weighted by Crippen LogP contribution is -2.31. The van der Waals surface area contributed by atoms with Crippen LogP contribution in [-0.2, 0) is 14.4 Å². The standard InChI is InChI=1S/C33H26N4O6S/c1-21-10-12-22(13-11-21)18-28(35-31(39)23-6-3-2-4-7-23)32(40)34-24-8-5-9-27(19-24)44-29-20-30(38)36(33(29)41)25-14-16-26(17-15-25)37(42)43/h2-19,29H,20H2,1H3,(H,34,40)(H,35,39)/b28-18-. The molecule has 1 aliphatic rings. The number of nitro benzene ring substituents is 1. The molecule has 0 aromatic heterocycles. The SMILES string of the molecule is Cc1ccc(/C=C(\NC(=O)c2ccccc2)C(=O)Nc2cccc(SC3CC(=O)N(c4ccc([N+](=O)[O-])cc4)C3=O)c2)cc1. The van der Waals surface area contributed by atoms with E-state index in [-0.39, 0.29) is 23.5 Å². The number of carbonyl (C=O) groups excluding carboxylic acids is 4. The second kappa shape index (κ2) is 13.2. The summed E-state index contributed by atoms with van der Waals surface area (Å²) in [5, 5.41) is 15.8. The van der Waals surface area contributed by atoms with Crippen LogP contribution in [0.1, 0.15) is 27.9 Å². The summed E-state index contributed by atoms with van der Waals surface area (Å²) in [6.07, 6.45) is 1.54. The molecule has 0 aliphatic carbocycles. The van der Waals surface area contributed by atoms with Gasteiger partial charge in [-0.25, -0.2) is 4.90 Å². The molecule has 44 heavy (non-hydrogen) atoms. The lowest BCUT2D eigenvalue weighted by atomic mass is 10.1. The Balaban J connectivity index is 1.31. The Kier molecular flexibility index (Phi) is 8.96.